The Balaban J connectivity index is 2.00. The first-order valence-corrected chi connectivity index (χ1v) is 7.15. The number of carbonyl (C=O) groups excluding carboxylic acids is 1. The standard InChI is InChI=1S/C17H15FN2O3/c1-10(9-21)19-17(22)12-4-7-15-14(8-12)16(23-20-15)11-2-5-13(18)6-3-11/h2-8,10,21H,9H2,1H3,(H,19,22). The Labute approximate surface area is 131 Å². The maximum Gasteiger partial charge on any atom is 0.251 e. The topological polar surface area (TPSA) is 75.4 Å². The maximum atomic E-state index is 13.0. The molecule has 1 atom stereocenters. The van der Waals surface area contributed by atoms with Crippen LogP contribution in [-0.2, 0) is 0 Å². The zero-order valence-corrected chi connectivity index (χ0v) is 12.4. The van der Waals surface area contributed by atoms with Crippen LogP contribution in [0.2, 0.25) is 0 Å². The number of halogens is 1. The predicted octanol–water partition coefficient (Wildman–Crippen LogP) is 2.74. The van der Waals surface area contributed by atoms with Gasteiger partial charge in [-0.15, -0.1) is 0 Å². The number of aliphatic hydroxyl groups is 1. The van der Waals surface area contributed by atoms with Crippen LogP contribution in [0.3, 0.4) is 0 Å². The fourth-order valence-electron chi connectivity index (χ4n) is 2.24. The van der Waals surface area contributed by atoms with Crippen molar-refractivity contribution in [1.29, 1.82) is 0 Å². The molecule has 0 aliphatic heterocycles. The number of hydrogen-bond acceptors (Lipinski definition) is 4. The molecule has 1 amide bonds. The molecule has 3 aromatic rings. The smallest absolute Gasteiger partial charge is 0.251 e. The molecule has 0 saturated carbocycles. The highest BCUT2D eigenvalue weighted by Crippen LogP contribution is 2.29. The average molecular weight is 314 g/mol. The fourth-order valence-corrected chi connectivity index (χ4v) is 2.24. The van der Waals surface area contributed by atoms with Gasteiger partial charge in [0.2, 0.25) is 0 Å². The highest BCUT2D eigenvalue weighted by atomic mass is 19.1. The number of rotatable bonds is 4. The Kier molecular flexibility index (Phi) is 4.08. The average Bonchev–Trinajstić information content (AvgIpc) is 2.98. The second kappa shape index (κ2) is 6.18. The Hall–Kier alpha value is -2.73. The van der Waals surface area contributed by atoms with E-state index >= 15 is 0 Å². The van der Waals surface area contributed by atoms with Crippen molar-refractivity contribution in [2.75, 3.05) is 6.61 Å². The molecule has 23 heavy (non-hydrogen) atoms. The van der Waals surface area contributed by atoms with Crippen molar-refractivity contribution in [1.82, 2.24) is 10.5 Å². The summed E-state index contributed by atoms with van der Waals surface area (Å²) in [6.07, 6.45) is 0. The predicted molar refractivity (Wildman–Crippen MR) is 83.4 cm³/mol. The van der Waals surface area contributed by atoms with E-state index in [9.17, 15) is 9.18 Å². The Morgan fingerprint density at radius 3 is 2.74 bits per heavy atom. The molecule has 1 unspecified atom stereocenters. The number of benzene rings is 2. The van der Waals surface area contributed by atoms with Crippen molar-refractivity contribution in [3.63, 3.8) is 0 Å². The molecule has 0 aliphatic carbocycles. The Bertz CT molecular complexity index is 843. The lowest BCUT2D eigenvalue weighted by molar-refractivity contribution is 0.0922. The number of hydrogen-bond donors (Lipinski definition) is 2. The van der Waals surface area contributed by atoms with Crippen LogP contribution in [0.4, 0.5) is 4.39 Å². The molecule has 0 saturated heterocycles. The molecule has 5 nitrogen and oxygen atoms in total. The molecule has 2 N–H and O–H groups in total. The molecule has 0 aliphatic rings. The summed E-state index contributed by atoms with van der Waals surface area (Å²) in [5, 5.41) is 16.3. The van der Waals surface area contributed by atoms with Crippen LogP contribution in [0, 0.1) is 5.82 Å². The molecule has 0 bridgehead atoms. The minimum Gasteiger partial charge on any atom is -0.394 e. The van der Waals surface area contributed by atoms with Crippen LogP contribution >= 0.6 is 0 Å². The van der Waals surface area contributed by atoms with Crippen molar-refractivity contribution in [3.05, 3.63) is 53.8 Å². The summed E-state index contributed by atoms with van der Waals surface area (Å²) in [6.45, 7) is 1.57. The van der Waals surface area contributed by atoms with Gasteiger partial charge in [0.25, 0.3) is 5.91 Å². The summed E-state index contributed by atoms with van der Waals surface area (Å²) in [6, 6.07) is 10.5. The van der Waals surface area contributed by atoms with Crippen LogP contribution in [0.1, 0.15) is 17.3 Å². The maximum absolute atomic E-state index is 13.0. The van der Waals surface area contributed by atoms with Gasteiger partial charge in [-0.25, -0.2) is 4.39 Å². The second-order valence-corrected chi connectivity index (χ2v) is 5.31. The molecular formula is C17H15FN2O3. The highest BCUT2D eigenvalue weighted by Gasteiger charge is 2.15. The van der Waals surface area contributed by atoms with Crippen LogP contribution in [0.15, 0.2) is 47.0 Å². The summed E-state index contributed by atoms with van der Waals surface area (Å²) < 4.78 is 18.4. The van der Waals surface area contributed by atoms with Gasteiger partial charge in [-0.1, -0.05) is 5.16 Å². The van der Waals surface area contributed by atoms with Crippen molar-refractivity contribution in [2.24, 2.45) is 0 Å². The monoisotopic (exact) mass is 314 g/mol. The lowest BCUT2D eigenvalue weighted by Crippen LogP contribution is -2.34. The van der Waals surface area contributed by atoms with Gasteiger partial charge in [0, 0.05) is 17.2 Å². The Morgan fingerprint density at radius 1 is 1.30 bits per heavy atom. The van der Waals surface area contributed by atoms with Crippen molar-refractivity contribution < 1.29 is 18.8 Å². The molecule has 2 aromatic carbocycles. The van der Waals surface area contributed by atoms with Crippen LogP contribution in [0.25, 0.3) is 22.2 Å². The summed E-state index contributed by atoms with van der Waals surface area (Å²) >= 11 is 0. The summed E-state index contributed by atoms with van der Waals surface area (Å²) in [5.74, 6) is -0.153. The molecule has 0 spiro atoms. The number of nitrogens with one attached hydrogen (secondary N) is 1. The second-order valence-electron chi connectivity index (χ2n) is 5.31. The van der Waals surface area contributed by atoms with Gasteiger partial charge in [0.15, 0.2) is 5.76 Å². The first-order chi connectivity index (χ1) is 11.1. The zero-order valence-electron chi connectivity index (χ0n) is 12.4. The van der Waals surface area contributed by atoms with Crippen molar-refractivity contribution >= 4 is 16.8 Å². The van der Waals surface area contributed by atoms with Crippen LogP contribution in [0.5, 0.6) is 0 Å². The number of fused-ring (bicyclic) bond motifs is 1. The number of nitrogens with zero attached hydrogens (tertiary/aromatic N) is 1. The highest BCUT2D eigenvalue weighted by molar-refractivity contribution is 6.01. The number of amides is 1. The summed E-state index contributed by atoms with van der Waals surface area (Å²) in [5.41, 5.74) is 1.72. The molecule has 118 valence electrons. The van der Waals surface area contributed by atoms with Gasteiger partial charge in [-0.2, -0.15) is 0 Å². The molecule has 0 fully saturated rings. The molecule has 6 heteroatoms. The van der Waals surface area contributed by atoms with Crippen LogP contribution in [-0.4, -0.2) is 28.8 Å². The molecular weight excluding hydrogens is 299 g/mol. The molecule has 3 rings (SSSR count). The zero-order chi connectivity index (χ0) is 16.4. The van der Waals surface area contributed by atoms with Gasteiger partial charge in [-0.05, 0) is 49.4 Å². The van der Waals surface area contributed by atoms with Gasteiger partial charge in [0.05, 0.1) is 12.0 Å². The normalized spacial score (nSPS) is 12.3. The third kappa shape index (κ3) is 3.07. The van der Waals surface area contributed by atoms with E-state index in [0.29, 0.717) is 27.8 Å². The van der Waals surface area contributed by atoms with Gasteiger partial charge < -0.3 is 14.9 Å². The van der Waals surface area contributed by atoms with E-state index in [1.165, 1.54) is 12.1 Å². The first kappa shape index (κ1) is 15.2. The number of aromatic nitrogens is 1. The minimum atomic E-state index is -0.337. The van der Waals surface area contributed by atoms with E-state index in [4.69, 9.17) is 9.63 Å². The number of aliphatic hydroxyl groups excluding tert-OH is 1. The quantitative estimate of drug-likeness (QED) is 0.776. The SMILES string of the molecule is CC(CO)NC(=O)c1ccc2noc(-c3ccc(F)cc3)c2c1. The van der Waals surface area contributed by atoms with E-state index in [2.05, 4.69) is 10.5 Å². The lowest BCUT2D eigenvalue weighted by Gasteiger charge is -2.10. The fraction of sp³-hybridized carbons (Fsp3) is 0.176. The number of carbonyl (C=O) groups is 1. The van der Waals surface area contributed by atoms with E-state index in [1.807, 2.05) is 0 Å². The van der Waals surface area contributed by atoms with Gasteiger partial charge >= 0.3 is 0 Å². The van der Waals surface area contributed by atoms with Gasteiger partial charge in [0.1, 0.15) is 11.3 Å². The van der Waals surface area contributed by atoms with Crippen molar-refractivity contribution in [3.8, 4) is 11.3 Å². The lowest BCUT2D eigenvalue weighted by atomic mass is 10.1. The third-order valence-electron chi connectivity index (χ3n) is 3.50. The Morgan fingerprint density at radius 2 is 2.04 bits per heavy atom. The van der Waals surface area contributed by atoms with E-state index in [1.54, 1.807) is 37.3 Å². The summed E-state index contributed by atoms with van der Waals surface area (Å²) in [4.78, 5) is 12.1. The molecule has 0 radical (unpaired) electrons. The van der Waals surface area contributed by atoms with E-state index in [0.717, 1.165) is 0 Å². The van der Waals surface area contributed by atoms with Crippen molar-refractivity contribution in [2.45, 2.75) is 13.0 Å². The first-order valence-electron chi connectivity index (χ1n) is 7.15. The van der Waals surface area contributed by atoms with Gasteiger partial charge in [-0.3, -0.25) is 4.79 Å². The minimum absolute atomic E-state index is 0.137. The largest absolute Gasteiger partial charge is 0.394 e. The van der Waals surface area contributed by atoms with E-state index < -0.39 is 0 Å². The van der Waals surface area contributed by atoms with Crippen LogP contribution < -0.4 is 5.32 Å². The van der Waals surface area contributed by atoms with E-state index in [-0.39, 0.29) is 24.4 Å². The molecule has 1 heterocycles. The third-order valence-corrected chi connectivity index (χ3v) is 3.50. The summed E-state index contributed by atoms with van der Waals surface area (Å²) in [7, 11) is 0. The molecule has 1 aromatic heterocycles.